The number of carbonyl (C=O) groups is 3. The summed E-state index contributed by atoms with van der Waals surface area (Å²) in [6.45, 7) is 0. The number of hydrogen-bond donors (Lipinski definition) is 4. The maximum absolute atomic E-state index is 12.0. The molecule has 0 heterocycles. The third-order valence-corrected chi connectivity index (χ3v) is 2.86. The van der Waals surface area contributed by atoms with E-state index in [2.05, 4.69) is 0 Å². The van der Waals surface area contributed by atoms with Crippen molar-refractivity contribution in [1.82, 2.24) is 0 Å². The second-order valence-corrected chi connectivity index (χ2v) is 5.78. The summed E-state index contributed by atoms with van der Waals surface area (Å²) < 4.78 is 37.6. The fraction of sp³-hybridized carbons (Fsp3) is 0.308. The molecule has 1 saturated carbocycles. The molecule has 1 aromatic carbocycles. The van der Waals surface area contributed by atoms with Crippen LogP contribution in [0.2, 0.25) is 0 Å². The minimum atomic E-state index is -3.19. The van der Waals surface area contributed by atoms with Gasteiger partial charge in [0.1, 0.15) is 0 Å². The van der Waals surface area contributed by atoms with Crippen molar-refractivity contribution in [2.75, 3.05) is 0 Å². The number of Topliss-reactive ketones (excluding diaryl/α,β-unsaturated/α-hetero) is 3. The monoisotopic (exact) mass is 514 g/mol. The van der Waals surface area contributed by atoms with E-state index in [1.54, 1.807) is 24.3 Å². The molecule has 1 unspecified atom stereocenters. The average molecular weight is 514 g/mol. The predicted octanol–water partition coefficient (Wildman–Crippen LogP) is -7.07. The van der Waals surface area contributed by atoms with Crippen molar-refractivity contribution in [3.05, 3.63) is 35.9 Å². The van der Waals surface area contributed by atoms with Gasteiger partial charge in [0.05, 0.1) is 5.92 Å². The average Bonchev–Trinajstić information content (AvgIpc) is 2.50. The van der Waals surface area contributed by atoms with Gasteiger partial charge in [-0.1, -0.05) is 30.3 Å². The molecule has 12 heteroatoms. The number of hydrogen-bond acceptors (Lipinski definition) is 7. The Kier molecular flexibility index (Phi) is 23.8. The number of benzene rings is 1. The topological polar surface area (TPSA) is 149 Å². The van der Waals surface area contributed by atoms with E-state index in [0.29, 0.717) is 18.4 Å². The summed E-state index contributed by atoms with van der Waals surface area (Å²) in [4.78, 5) is 34.8. The molecule has 0 spiro atoms. The van der Waals surface area contributed by atoms with Gasteiger partial charge in [-0.3, -0.25) is 14.4 Å². The molecule has 25 heavy (non-hydrogen) atoms. The quantitative estimate of drug-likeness (QED) is 0.132. The number of ketones is 3. The van der Waals surface area contributed by atoms with E-state index in [0.717, 1.165) is 0 Å². The Bertz CT molecular complexity index is 552. The third kappa shape index (κ3) is 14.3. The molecule has 1 atom stereocenters. The summed E-state index contributed by atoms with van der Waals surface area (Å²) in [6, 6.07) is 8.67. The Balaban J connectivity index is -0.000000129. The zero-order valence-electron chi connectivity index (χ0n) is 15.9. The normalized spacial score (nSPS) is 15.6. The fourth-order valence-corrected chi connectivity index (χ4v) is 1.97. The van der Waals surface area contributed by atoms with E-state index in [9.17, 15) is 14.4 Å². The van der Waals surface area contributed by atoms with E-state index < -0.39 is 49.2 Å². The molecule has 0 radical (unpaired) electrons. The summed E-state index contributed by atoms with van der Waals surface area (Å²) >= 11 is -4.75. The maximum Gasteiger partial charge on any atom is 1.00 e. The fourth-order valence-electron chi connectivity index (χ4n) is 1.97. The van der Waals surface area contributed by atoms with Gasteiger partial charge in [0.25, 0.3) is 0 Å². The van der Waals surface area contributed by atoms with Crippen LogP contribution in [0.4, 0.5) is 0 Å². The molecular formula is C13H18As2KNaO8. The van der Waals surface area contributed by atoms with Gasteiger partial charge in [-0.25, -0.2) is 0 Å². The van der Waals surface area contributed by atoms with Crippen molar-refractivity contribution in [3.63, 3.8) is 0 Å². The van der Waals surface area contributed by atoms with Gasteiger partial charge in [0, 0.05) is 12.0 Å². The van der Waals surface area contributed by atoms with Crippen LogP contribution in [0.1, 0.15) is 32.5 Å². The molecule has 0 bridgehead atoms. The first kappa shape index (κ1) is 31.3. The van der Waals surface area contributed by atoms with Crippen molar-refractivity contribution in [3.8, 4) is 0 Å². The molecule has 1 aliphatic rings. The summed E-state index contributed by atoms with van der Waals surface area (Å²) in [6.07, 6.45) is 1.42. The van der Waals surface area contributed by atoms with Gasteiger partial charge in [-0.15, -0.1) is 0 Å². The molecule has 130 valence electrons. The van der Waals surface area contributed by atoms with E-state index >= 15 is 0 Å². The molecule has 0 saturated heterocycles. The molecule has 0 aromatic heterocycles. The minimum absolute atomic E-state index is 0. The molecule has 2 rings (SSSR count). The number of carbonyl (C=O) groups excluding carboxylic acids is 3. The van der Waals surface area contributed by atoms with Gasteiger partial charge in [0.2, 0.25) is 5.78 Å². The van der Waals surface area contributed by atoms with E-state index in [-0.39, 0.29) is 96.0 Å². The second kappa shape index (κ2) is 19.0. The molecule has 1 aliphatic carbocycles. The Hall–Kier alpha value is 1.62. The molecule has 0 amide bonds. The first-order valence-corrected chi connectivity index (χ1v) is 10.5. The molecule has 8 nitrogen and oxygen atoms in total. The van der Waals surface area contributed by atoms with Gasteiger partial charge >= 0.3 is 133 Å². The predicted molar refractivity (Wildman–Crippen MR) is 81.4 cm³/mol. The molecule has 1 fully saturated rings. The van der Waals surface area contributed by atoms with Crippen LogP contribution in [0.15, 0.2) is 30.3 Å². The Morgan fingerprint density at radius 3 is 2.04 bits per heavy atom. The minimum Gasteiger partial charge on any atom is -1.00 e. The summed E-state index contributed by atoms with van der Waals surface area (Å²) in [7, 11) is 0. The van der Waals surface area contributed by atoms with Crippen LogP contribution in [0.3, 0.4) is 0 Å². The zero-order valence-corrected chi connectivity index (χ0v) is 22.8. The first-order chi connectivity index (χ1) is 10.8. The van der Waals surface area contributed by atoms with Crippen molar-refractivity contribution in [2.24, 2.45) is 5.92 Å². The summed E-state index contributed by atoms with van der Waals surface area (Å²) in [5, 5.41) is 0. The van der Waals surface area contributed by atoms with Crippen LogP contribution >= 0.6 is 0 Å². The Labute approximate surface area is 225 Å². The zero-order chi connectivity index (χ0) is 17.8. The van der Waals surface area contributed by atoms with Gasteiger partial charge < -0.3 is 2.85 Å². The van der Waals surface area contributed by atoms with Crippen LogP contribution in [0.5, 0.6) is 0 Å². The van der Waals surface area contributed by atoms with Crippen molar-refractivity contribution >= 4 is 49.1 Å². The van der Waals surface area contributed by atoms with Gasteiger partial charge in [0.15, 0.2) is 11.6 Å². The smallest absolute Gasteiger partial charge is 1.00 e. The molecular weight excluding hydrogens is 496 g/mol. The SMILES string of the molecule is O=C1CCCC(C(=O)c2ccccc2)C1=O.O=[As]O.O[As](O)O.[H-].[H-].[K+].[Na+]. The molecule has 4 N–H and O–H groups in total. The van der Waals surface area contributed by atoms with Crippen LogP contribution in [-0.2, 0) is 13.3 Å². The molecule has 1 aromatic rings. The Morgan fingerprint density at radius 2 is 1.60 bits per heavy atom. The second-order valence-electron chi connectivity index (χ2n) is 4.31. The van der Waals surface area contributed by atoms with Gasteiger partial charge in [-0.2, -0.15) is 0 Å². The van der Waals surface area contributed by atoms with Crippen LogP contribution in [-0.4, -0.2) is 65.4 Å². The van der Waals surface area contributed by atoms with Crippen LogP contribution in [0.25, 0.3) is 0 Å². The molecule has 0 aliphatic heterocycles. The van der Waals surface area contributed by atoms with E-state index in [1.165, 1.54) is 0 Å². The summed E-state index contributed by atoms with van der Waals surface area (Å²) in [5.74, 6) is -1.89. The third-order valence-electron chi connectivity index (χ3n) is 2.86. The maximum atomic E-state index is 12.0. The van der Waals surface area contributed by atoms with E-state index in [1.807, 2.05) is 6.07 Å². The van der Waals surface area contributed by atoms with Crippen LogP contribution < -0.4 is 80.9 Å². The number of rotatable bonds is 2. The first-order valence-electron chi connectivity index (χ1n) is 6.34. The van der Waals surface area contributed by atoms with Crippen molar-refractivity contribution in [2.45, 2.75) is 19.3 Å². The van der Waals surface area contributed by atoms with Crippen molar-refractivity contribution in [1.29, 1.82) is 0 Å². The van der Waals surface area contributed by atoms with Crippen molar-refractivity contribution < 1.29 is 118 Å². The Morgan fingerprint density at radius 1 is 1.16 bits per heavy atom. The van der Waals surface area contributed by atoms with Gasteiger partial charge in [-0.05, 0) is 12.8 Å². The van der Waals surface area contributed by atoms with Crippen LogP contribution in [0, 0.1) is 5.92 Å². The largest absolute Gasteiger partial charge is 1.00 e. The summed E-state index contributed by atoms with van der Waals surface area (Å²) in [5.41, 5.74) is 0.510. The standard InChI is InChI=1S/C13H12O3.AsH3O3.AsHO2.K.Na.2H/c14-11-8-4-7-10(13(11)16)12(15)9-5-2-1-3-6-9;2-1(3)4;2-1-3;;;;/h1-3,5-6,10H,4,7-8H2;2-4H;(H,2,3);;;;/q;;;2*+1;2*-1. The van der Waals surface area contributed by atoms with E-state index in [4.69, 9.17) is 20.1 Å².